The lowest BCUT2D eigenvalue weighted by Gasteiger charge is -2.23. The molecule has 0 saturated carbocycles. The number of pyridine rings is 1. The van der Waals surface area contributed by atoms with Gasteiger partial charge in [-0.1, -0.05) is 12.1 Å². The zero-order valence-corrected chi connectivity index (χ0v) is 11.9. The first-order chi connectivity index (χ1) is 8.63. The monoisotopic (exact) mass is 308 g/mol. The molecule has 0 unspecified atom stereocenters. The van der Waals surface area contributed by atoms with Gasteiger partial charge in [-0.2, -0.15) is 0 Å². The Morgan fingerprint density at radius 3 is 2.67 bits per heavy atom. The third-order valence-corrected chi connectivity index (χ3v) is 3.60. The van der Waals surface area contributed by atoms with E-state index in [-0.39, 0.29) is 5.82 Å². The lowest BCUT2D eigenvalue weighted by atomic mass is 10.2. The van der Waals surface area contributed by atoms with Crippen molar-refractivity contribution in [3.63, 3.8) is 0 Å². The predicted molar refractivity (Wildman–Crippen MR) is 75.8 cm³/mol. The molecule has 18 heavy (non-hydrogen) atoms. The van der Waals surface area contributed by atoms with Crippen LogP contribution in [0.2, 0.25) is 0 Å². The van der Waals surface area contributed by atoms with E-state index in [1.54, 1.807) is 18.3 Å². The molecule has 0 aliphatic carbocycles. The van der Waals surface area contributed by atoms with Crippen molar-refractivity contribution < 1.29 is 4.39 Å². The SMILES string of the molecule is CCN(c1cc(C)c(Br)cn1)c1ccccc1F. The van der Waals surface area contributed by atoms with E-state index in [1.165, 1.54) is 6.07 Å². The molecule has 2 rings (SSSR count). The normalized spacial score (nSPS) is 10.4. The second kappa shape index (κ2) is 5.48. The third-order valence-electron chi connectivity index (χ3n) is 2.77. The number of hydrogen-bond donors (Lipinski definition) is 0. The number of halogens is 2. The molecule has 0 N–H and O–H groups in total. The molecule has 0 spiro atoms. The van der Waals surface area contributed by atoms with Crippen LogP contribution in [0.5, 0.6) is 0 Å². The van der Waals surface area contributed by atoms with Crippen molar-refractivity contribution in [1.82, 2.24) is 4.98 Å². The maximum atomic E-state index is 13.8. The standard InChI is InChI=1S/C14H14BrFN2/c1-3-18(13-7-5-4-6-12(13)16)14-8-10(2)11(15)9-17-14/h4-9H,3H2,1-2H3. The minimum Gasteiger partial charge on any atom is -0.324 e. The fourth-order valence-corrected chi connectivity index (χ4v) is 2.02. The van der Waals surface area contributed by atoms with E-state index in [1.807, 2.05) is 30.9 Å². The van der Waals surface area contributed by atoms with Gasteiger partial charge >= 0.3 is 0 Å². The van der Waals surface area contributed by atoms with Crippen LogP contribution in [0.15, 0.2) is 41.0 Å². The second-order valence-corrected chi connectivity index (χ2v) is 4.84. The summed E-state index contributed by atoms with van der Waals surface area (Å²) < 4.78 is 14.8. The Kier molecular flexibility index (Phi) is 3.97. The maximum absolute atomic E-state index is 13.8. The van der Waals surface area contributed by atoms with Gasteiger partial charge < -0.3 is 4.90 Å². The highest BCUT2D eigenvalue weighted by molar-refractivity contribution is 9.10. The Morgan fingerprint density at radius 2 is 2.06 bits per heavy atom. The highest BCUT2D eigenvalue weighted by Crippen LogP contribution is 2.28. The summed E-state index contributed by atoms with van der Waals surface area (Å²) in [5.41, 5.74) is 1.63. The van der Waals surface area contributed by atoms with Crippen molar-refractivity contribution in [3.8, 4) is 0 Å². The number of para-hydroxylation sites is 1. The first-order valence-corrected chi connectivity index (χ1v) is 6.57. The summed E-state index contributed by atoms with van der Waals surface area (Å²) in [7, 11) is 0. The van der Waals surface area contributed by atoms with Crippen LogP contribution in [0.3, 0.4) is 0 Å². The Balaban J connectivity index is 2.45. The Hall–Kier alpha value is -1.42. The summed E-state index contributed by atoms with van der Waals surface area (Å²) in [4.78, 5) is 6.20. The maximum Gasteiger partial charge on any atom is 0.146 e. The van der Waals surface area contributed by atoms with E-state index in [4.69, 9.17) is 0 Å². The minimum atomic E-state index is -0.235. The highest BCUT2D eigenvalue weighted by atomic mass is 79.9. The molecule has 94 valence electrons. The van der Waals surface area contributed by atoms with Crippen LogP contribution < -0.4 is 4.90 Å². The topological polar surface area (TPSA) is 16.1 Å². The average molecular weight is 309 g/mol. The summed E-state index contributed by atoms with van der Waals surface area (Å²) >= 11 is 3.42. The Labute approximate surface area is 115 Å². The molecule has 0 saturated heterocycles. The van der Waals surface area contributed by atoms with Gasteiger partial charge in [-0.15, -0.1) is 0 Å². The first kappa shape index (κ1) is 13.0. The molecule has 0 aliphatic heterocycles. The predicted octanol–water partition coefficient (Wildman–Crippen LogP) is 4.45. The van der Waals surface area contributed by atoms with Crippen molar-refractivity contribution in [2.75, 3.05) is 11.4 Å². The van der Waals surface area contributed by atoms with E-state index < -0.39 is 0 Å². The van der Waals surface area contributed by atoms with Gasteiger partial charge in [0.15, 0.2) is 0 Å². The van der Waals surface area contributed by atoms with Crippen LogP contribution in [0.1, 0.15) is 12.5 Å². The van der Waals surface area contributed by atoms with Gasteiger partial charge in [-0.25, -0.2) is 9.37 Å². The molecule has 0 bridgehead atoms. The van der Waals surface area contributed by atoms with Gasteiger partial charge in [0.2, 0.25) is 0 Å². The summed E-state index contributed by atoms with van der Waals surface area (Å²) in [6.07, 6.45) is 1.74. The molecular formula is C14H14BrFN2. The van der Waals surface area contributed by atoms with Gasteiger partial charge in [0.25, 0.3) is 0 Å². The van der Waals surface area contributed by atoms with Crippen molar-refractivity contribution in [2.24, 2.45) is 0 Å². The lowest BCUT2D eigenvalue weighted by Crippen LogP contribution is -2.18. The summed E-state index contributed by atoms with van der Waals surface area (Å²) in [5.74, 6) is 0.519. The summed E-state index contributed by atoms with van der Waals surface area (Å²) in [6, 6.07) is 8.68. The number of benzene rings is 1. The molecule has 1 aromatic carbocycles. The number of aryl methyl sites for hydroxylation is 1. The quantitative estimate of drug-likeness (QED) is 0.833. The van der Waals surface area contributed by atoms with Crippen LogP contribution in [0, 0.1) is 12.7 Å². The molecule has 0 aliphatic rings. The lowest BCUT2D eigenvalue weighted by molar-refractivity contribution is 0.625. The average Bonchev–Trinajstić information content (AvgIpc) is 2.37. The van der Waals surface area contributed by atoms with Crippen LogP contribution in [-0.2, 0) is 0 Å². The zero-order chi connectivity index (χ0) is 13.1. The molecule has 4 heteroatoms. The molecule has 0 radical (unpaired) electrons. The first-order valence-electron chi connectivity index (χ1n) is 5.77. The van der Waals surface area contributed by atoms with Gasteiger partial charge in [-0.05, 0) is 53.5 Å². The number of rotatable bonds is 3. The molecule has 0 fully saturated rings. The largest absolute Gasteiger partial charge is 0.324 e. The second-order valence-electron chi connectivity index (χ2n) is 3.99. The fraction of sp³-hybridized carbons (Fsp3) is 0.214. The summed E-state index contributed by atoms with van der Waals surface area (Å²) in [5, 5.41) is 0. The van der Waals surface area contributed by atoms with Crippen molar-refractivity contribution in [1.29, 1.82) is 0 Å². The van der Waals surface area contributed by atoms with Crippen LogP contribution in [0.4, 0.5) is 15.9 Å². The van der Waals surface area contributed by atoms with E-state index in [9.17, 15) is 4.39 Å². The van der Waals surface area contributed by atoms with Crippen LogP contribution >= 0.6 is 15.9 Å². The van der Waals surface area contributed by atoms with Gasteiger partial charge in [0, 0.05) is 17.2 Å². The number of nitrogens with zero attached hydrogens (tertiary/aromatic N) is 2. The molecule has 0 atom stereocenters. The van der Waals surface area contributed by atoms with Gasteiger partial charge in [0.05, 0.1) is 5.69 Å². The van der Waals surface area contributed by atoms with Gasteiger partial charge in [0.1, 0.15) is 11.6 Å². The third kappa shape index (κ3) is 2.53. The number of aromatic nitrogens is 1. The van der Waals surface area contributed by atoms with Crippen molar-refractivity contribution >= 4 is 27.4 Å². The van der Waals surface area contributed by atoms with Crippen molar-refractivity contribution in [2.45, 2.75) is 13.8 Å². The molecule has 1 heterocycles. The molecule has 0 amide bonds. The molecule has 1 aromatic heterocycles. The van der Waals surface area contributed by atoms with Crippen LogP contribution in [0.25, 0.3) is 0 Å². The van der Waals surface area contributed by atoms with E-state index in [0.29, 0.717) is 12.2 Å². The number of anilines is 2. The highest BCUT2D eigenvalue weighted by Gasteiger charge is 2.13. The van der Waals surface area contributed by atoms with Gasteiger partial charge in [-0.3, -0.25) is 0 Å². The minimum absolute atomic E-state index is 0.235. The Bertz CT molecular complexity index is 557. The van der Waals surface area contributed by atoms with E-state index >= 15 is 0 Å². The Morgan fingerprint density at radius 1 is 1.33 bits per heavy atom. The smallest absolute Gasteiger partial charge is 0.146 e. The van der Waals surface area contributed by atoms with E-state index in [0.717, 1.165) is 15.9 Å². The summed E-state index contributed by atoms with van der Waals surface area (Å²) in [6.45, 7) is 4.63. The number of hydrogen-bond acceptors (Lipinski definition) is 2. The van der Waals surface area contributed by atoms with Crippen LogP contribution in [-0.4, -0.2) is 11.5 Å². The molecule has 2 aromatic rings. The fourth-order valence-electron chi connectivity index (χ4n) is 1.80. The van der Waals surface area contributed by atoms with Crippen molar-refractivity contribution in [3.05, 3.63) is 52.4 Å². The molecular weight excluding hydrogens is 295 g/mol. The zero-order valence-electron chi connectivity index (χ0n) is 10.3. The molecule has 2 nitrogen and oxygen atoms in total. The van der Waals surface area contributed by atoms with E-state index in [2.05, 4.69) is 20.9 Å².